The average molecular weight is 266 g/mol. The summed E-state index contributed by atoms with van der Waals surface area (Å²) in [6.45, 7) is 4.26. The minimum Gasteiger partial charge on any atom is -0.464 e. The highest BCUT2D eigenvalue weighted by Crippen LogP contribution is 2.19. The lowest BCUT2D eigenvalue weighted by Crippen LogP contribution is -2.52. The lowest BCUT2D eigenvalue weighted by Gasteiger charge is -2.34. The molecule has 0 aliphatic carbocycles. The number of hydrogen-bond acceptors (Lipinski definition) is 4. The van der Waals surface area contributed by atoms with Gasteiger partial charge in [-0.15, -0.1) is 11.6 Å². The Balaban J connectivity index is 2.71. The Labute approximate surface area is 105 Å². The Morgan fingerprint density at radius 2 is 2.31 bits per heavy atom. The third-order valence-corrected chi connectivity index (χ3v) is 3.52. The maximum absolute atomic E-state index is 11.8. The predicted molar refractivity (Wildman–Crippen MR) is 64.8 cm³/mol. The molecule has 1 amide bonds. The molecule has 1 heterocycles. The molecular weight excluding hydrogens is 250 g/mol. The van der Waals surface area contributed by atoms with Gasteiger partial charge in [-0.2, -0.15) is 11.8 Å². The zero-order valence-corrected chi connectivity index (χ0v) is 11.0. The molecule has 2 atom stereocenters. The van der Waals surface area contributed by atoms with Gasteiger partial charge < -0.3 is 9.64 Å². The predicted octanol–water partition coefficient (Wildman–Crippen LogP) is 1.12. The number of halogens is 1. The Morgan fingerprint density at radius 1 is 1.62 bits per heavy atom. The van der Waals surface area contributed by atoms with Crippen LogP contribution in [0.1, 0.15) is 13.8 Å². The number of thioether (sulfide) groups is 1. The standard InChI is InChI=1S/C10H16ClNO3S/c1-3-15-10(14)8-6-16-5-4-12(8)9(13)7(2)11/h7-8H,3-6H2,1-2H3. The van der Waals surface area contributed by atoms with Crippen LogP contribution in [0, 0.1) is 0 Å². The molecule has 1 saturated heterocycles. The van der Waals surface area contributed by atoms with Crippen molar-refractivity contribution < 1.29 is 14.3 Å². The highest BCUT2D eigenvalue weighted by molar-refractivity contribution is 7.99. The maximum atomic E-state index is 11.8. The van der Waals surface area contributed by atoms with Crippen molar-refractivity contribution in [1.29, 1.82) is 0 Å². The van der Waals surface area contributed by atoms with Crippen molar-refractivity contribution in [2.45, 2.75) is 25.3 Å². The minimum absolute atomic E-state index is 0.194. The first-order valence-corrected chi connectivity index (χ1v) is 6.86. The monoisotopic (exact) mass is 265 g/mol. The smallest absolute Gasteiger partial charge is 0.329 e. The van der Waals surface area contributed by atoms with Gasteiger partial charge in [-0.1, -0.05) is 0 Å². The van der Waals surface area contributed by atoms with E-state index in [-0.39, 0.29) is 11.9 Å². The Bertz CT molecular complexity index is 273. The van der Waals surface area contributed by atoms with Crippen LogP contribution in [0.5, 0.6) is 0 Å². The number of carbonyl (C=O) groups excluding carboxylic acids is 2. The van der Waals surface area contributed by atoms with Gasteiger partial charge in [-0.05, 0) is 13.8 Å². The molecule has 1 aliphatic rings. The number of amides is 1. The van der Waals surface area contributed by atoms with Crippen molar-refractivity contribution >= 4 is 35.2 Å². The number of esters is 1. The van der Waals surface area contributed by atoms with Gasteiger partial charge in [0.25, 0.3) is 0 Å². The van der Waals surface area contributed by atoms with Crippen LogP contribution in [-0.4, -0.2) is 52.9 Å². The molecule has 1 aliphatic heterocycles. The van der Waals surface area contributed by atoms with Crippen LogP contribution in [0.2, 0.25) is 0 Å². The van der Waals surface area contributed by atoms with Crippen LogP contribution < -0.4 is 0 Å². The van der Waals surface area contributed by atoms with E-state index in [1.54, 1.807) is 25.6 Å². The summed E-state index contributed by atoms with van der Waals surface area (Å²) in [6.07, 6.45) is 0. The summed E-state index contributed by atoms with van der Waals surface area (Å²) in [5, 5.41) is -0.597. The number of carbonyl (C=O) groups is 2. The van der Waals surface area contributed by atoms with Gasteiger partial charge in [0.2, 0.25) is 5.91 Å². The molecule has 6 heteroatoms. The SMILES string of the molecule is CCOC(=O)C1CSCCN1C(=O)C(C)Cl. The van der Waals surface area contributed by atoms with Gasteiger partial charge in [-0.3, -0.25) is 4.79 Å². The molecule has 92 valence electrons. The fourth-order valence-electron chi connectivity index (χ4n) is 1.53. The molecule has 1 rings (SSSR count). The van der Waals surface area contributed by atoms with E-state index in [0.717, 1.165) is 5.75 Å². The molecule has 4 nitrogen and oxygen atoms in total. The van der Waals surface area contributed by atoms with E-state index in [2.05, 4.69) is 0 Å². The van der Waals surface area contributed by atoms with Gasteiger partial charge in [0.15, 0.2) is 0 Å². The Morgan fingerprint density at radius 3 is 2.88 bits per heavy atom. The lowest BCUT2D eigenvalue weighted by molar-refractivity contribution is -0.153. The van der Waals surface area contributed by atoms with E-state index < -0.39 is 11.4 Å². The van der Waals surface area contributed by atoms with Gasteiger partial charge in [0.05, 0.1) is 6.61 Å². The fourth-order valence-corrected chi connectivity index (χ4v) is 2.69. The topological polar surface area (TPSA) is 46.6 Å². The highest BCUT2D eigenvalue weighted by Gasteiger charge is 2.34. The summed E-state index contributed by atoms with van der Waals surface area (Å²) in [6, 6.07) is -0.479. The van der Waals surface area contributed by atoms with Crippen LogP contribution in [0.25, 0.3) is 0 Å². The summed E-state index contributed by atoms with van der Waals surface area (Å²) in [5.74, 6) is 0.903. The zero-order valence-electron chi connectivity index (χ0n) is 9.44. The molecule has 16 heavy (non-hydrogen) atoms. The molecule has 2 unspecified atom stereocenters. The summed E-state index contributed by atoms with van der Waals surface area (Å²) in [7, 11) is 0. The van der Waals surface area contributed by atoms with Crippen LogP contribution >= 0.6 is 23.4 Å². The Hall–Kier alpha value is -0.420. The Kier molecular flexibility index (Phi) is 5.41. The third-order valence-electron chi connectivity index (χ3n) is 2.31. The summed E-state index contributed by atoms with van der Waals surface area (Å²) >= 11 is 7.41. The van der Waals surface area contributed by atoms with Crippen LogP contribution in [-0.2, 0) is 14.3 Å². The molecule has 0 aromatic rings. The average Bonchev–Trinajstić information content (AvgIpc) is 2.28. The second-order valence-corrected chi connectivity index (χ2v) is 5.29. The molecule has 0 aromatic heterocycles. The van der Waals surface area contributed by atoms with Crippen LogP contribution in [0.15, 0.2) is 0 Å². The molecular formula is C10H16ClNO3S. The number of nitrogens with zero attached hydrogens (tertiary/aromatic N) is 1. The molecule has 0 radical (unpaired) electrons. The van der Waals surface area contributed by atoms with Crippen molar-refractivity contribution in [2.75, 3.05) is 24.7 Å². The minimum atomic E-state index is -0.597. The molecule has 1 fully saturated rings. The normalized spacial score (nSPS) is 22.7. The molecule has 0 N–H and O–H groups in total. The second kappa shape index (κ2) is 6.35. The van der Waals surface area contributed by atoms with Crippen molar-refractivity contribution in [2.24, 2.45) is 0 Å². The molecule has 0 bridgehead atoms. The van der Waals surface area contributed by atoms with E-state index in [1.807, 2.05) is 0 Å². The highest BCUT2D eigenvalue weighted by atomic mass is 35.5. The zero-order chi connectivity index (χ0) is 12.1. The van der Waals surface area contributed by atoms with Crippen LogP contribution in [0.3, 0.4) is 0 Å². The first-order valence-electron chi connectivity index (χ1n) is 5.26. The van der Waals surface area contributed by atoms with Gasteiger partial charge in [-0.25, -0.2) is 4.79 Å². The summed E-state index contributed by atoms with van der Waals surface area (Å²) in [5.41, 5.74) is 0. The van der Waals surface area contributed by atoms with Crippen molar-refractivity contribution in [3.05, 3.63) is 0 Å². The molecule has 0 aromatic carbocycles. The van der Waals surface area contributed by atoms with Crippen LogP contribution in [0.4, 0.5) is 0 Å². The molecule has 0 saturated carbocycles. The molecule has 0 spiro atoms. The number of ether oxygens (including phenoxy) is 1. The first-order chi connectivity index (χ1) is 7.57. The van der Waals surface area contributed by atoms with Crippen molar-refractivity contribution in [1.82, 2.24) is 4.90 Å². The van der Waals surface area contributed by atoms with E-state index in [0.29, 0.717) is 18.9 Å². The van der Waals surface area contributed by atoms with Gasteiger partial charge in [0, 0.05) is 18.1 Å². The van der Waals surface area contributed by atoms with E-state index in [4.69, 9.17) is 16.3 Å². The number of hydrogen-bond donors (Lipinski definition) is 0. The fraction of sp³-hybridized carbons (Fsp3) is 0.800. The van der Waals surface area contributed by atoms with Gasteiger partial charge in [0.1, 0.15) is 11.4 Å². The van der Waals surface area contributed by atoms with E-state index >= 15 is 0 Å². The summed E-state index contributed by atoms with van der Waals surface area (Å²) < 4.78 is 4.95. The second-order valence-electron chi connectivity index (χ2n) is 3.49. The number of rotatable bonds is 3. The van der Waals surface area contributed by atoms with Crippen molar-refractivity contribution in [3.8, 4) is 0 Å². The van der Waals surface area contributed by atoms with E-state index in [9.17, 15) is 9.59 Å². The quantitative estimate of drug-likeness (QED) is 0.567. The maximum Gasteiger partial charge on any atom is 0.329 e. The third kappa shape index (κ3) is 3.28. The van der Waals surface area contributed by atoms with E-state index in [1.165, 1.54) is 4.90 Å². The summed E-state index contributed by atoms with van der Waals surface area (Å²) in [4.78, 5) is 25.0. The van der Waals surface area contributed by atoms with Gasteiger partial charge >= 0.3 is 5.97 Å². The number of alkyl halides is 1. The lowest BCUT2D eigenvalue weighted by atomic mass is 10.2. The van der Waals surface area contributed by atoms with Crippen molar-refractivity contribution in [3.63, 3.8) is 0 Å². The largest absolute Gasteiger partial charge is 0.464 e. The first kappa shape index (κ1) is 13.6.